The number of nitrogens with zero attached hydrogens (tertiary/aromatic N) is 1. The van der Waals surface area contributed by atoms with Crippen LogP contribution in [0.25, 0.3) is 0 Å². The van der Waals surface area contributed by atoms with Gasteiger partial charge in [0.1, 0.15) is 0 Å². The largest absolute Gasteiger partial charge is 0.382 e. The molecule has 0 spiro atoms. The average Bonchev–Trinajstić information content (AvgIpc) is 2.40. The maximum Gasteiger partial charge on any atom is 0.275 e. The molecule has 1 heterocycles. The van der Waals surface area contributed by atoms with Crippen LogP contribution < -0.4 is 10.6 Å². The summed E-state index contributed by atoms with van der Waals surface area (Å²) in [6, 6.07) is 2.49. The summed E-state index contributed by atoms with van der Waals surface area (Å²) in [7, 11) is 0. The minimum absolute atomic E-state index is 0.0837. The van der Waals surface area contributed by atoms with Gasteiger partial charge in [-0.1, -0.05) is 6.92 Å². The number of halogens is 1. The van der Waals surface area contributed by atoms with Gasteiger partial charge >= 0.3 is 0 Å². The van der Waals surface area contributed by atoms with Crippen molar-refractivity contribution in [2.75, 3.05) is 25.0 Å². The van der Waals surface area contributed by atoms with Crippen LogP contribution in [0, 0.1) is 28.3 Å². The summed E-state index contributed by atoms with van der Waals surface area (Å²) in [6.07, 6.45) is 2.19. The normalized spacial score (nSPS) is 22.6. The van der Waals surface area contributed by atoms with Crippen molar-refractivity contribution >= 4 is 11.4 Å². The summed E-state index contributed by atoms with van der Waals surface area (Å²) in [5.41, 5.74) is 0.699. The second kappa shape index (κ2) is 5.75. The van der Waals surface area contributed by atoms with E-state index in [2.05, 4.69) is 17.6 Å². The molecule has 1 atom stereocenters. The Morgan fingerprint density at radius 1 is 1.55 bits per heavy atom. The van der Waals surface area contributed by atoms with E-state index < -0.39 is 10.7 Å². The number of rotatable bonds is 4. The summed E-state index contributed by atoms with van der Waals surface area (Å²) in [4.78, 5) is 10.2. The molecule has 0 aromatic heterocycles. The first-order chi connectivity index (χ1) is 9.41. The van der Waals surface area contributed by atoms with Crippen molar-refractivity contribution in [2.45, 2.75) is 26.7 Å². The first kappa shape index (κ1) is 14.7. The van der Waals surface area contributed by atoms with E-state index in [9.17, 15) is 14.5 Å². The maximum atomic E-state index is 13.9. The molecule has 1 aromatic rings. The van der Waals surface area contributed by atoms with Gasteiger partial charge in [0.2, 0.25) is 0 Å². The Labute approximate surface area is 117 Å². The second-order valence-electron chi connectivity index (χ2n) is 5.82. The fourth-order valence-corrected chi connectivity index (χ4v) is 2.58. The maximum absolute atomic E-state index is 13.9. The molecule has 0 radical (unpaired) electrons. The van der Waals surface area contributed by atoms with E-state index >= 15 is 0 Å². The standard InChI is InChI=1S/C14H20FN3O2/c1-10-6-12(11(15)7-13(10)18(19)20)17-9-14(2)4-3-5-16-8-14/h6-7,16-17H,3-5,8-9H2,1-2H3. The molecule has 2 rings (SSSR count). The van der Waals surface area contributed by atoms with Crippen LogP contribution >= 0.6 is 0 Å². The molecule has 0 amide bonds. The van der Waals surface area contributed by atoms with Crippen LogP contribution in [0.15, 0.2) is 12.1 Å². The first-order valence-electron chi connectivity index (χ1n) is 6.80. The zero-order valence-electron chi connectivity index (χ0n) is 11.8. The lowest BCUT2D eigenvalue weighted by atomic mass is 9.83. The highest BCUT2D eigenvalue weighted by Crippen LogP contribution is 2.29. The van der Waals surface area contributed by atoms with Crippen molar-refractivity contribution in [3.63, 3.8) is 0 Å². The Morgan fingerprint density at radius 2 is 2.30 bits per heavy atom. The van der Waals surface area contributed by atoms with Crippen LogP contribution in [0.1, 0.15) is 25.3 Å². The minimum atomic E-state index is -0.574. The van der Waals surface area contributed by atoms with Crippen molar-refractivity contribution in [3.8, 4) is 0 Å². The highest BCUT2D eigenvalue weighted by atomic mass is 19.1. The SMILES string of the molecule is Cc1cc(NCC2(C)CCCNC2)c(F)cc1[N+](=O)[O-]. The second-order valence-corrected chi connectivity index (χ2v) is 5.82. The molecule has 1 aliphatic rings. The van der Waals surface area contributed by atoms with Crippen molar-refractivity contribution in [1.82, 2.24) is 5.32 Å². The van der Waals surface area contributed by atoms with Crippen molar-refractivity contribution in [2.24, 2.45) is 5.41 Å². The van der Waals surface area contributed by atoms with Gasteiger partial charge in [0.05, 0.1) is 16.7 Å². The molecule has 20 heavy (non-hydrogen) atoms. The van der Waals surface area contributed by atoms with Gasteiger partial charge in [-0.05, 0) is 37.8 Å². The zero-order valence-corrected chi connectivity index (χ0v) is 11.8. The molecule has 1 aromatic carbocycles. The number of nitro groups is 1. The molecule has 2 N–H and O–H groups in total. The smallest absolute Gasteiger partial charge is 0.275 e. The molecule has 1 fully saturated rings. The first-order valence-corrected chi connectivity index (χ1v) is 6.80. The average molecular weight is 281 g/mol. The molecule has 5 nitrogen and oxygen atoms in total. The van der Waals surface area contributed by atoms with Crippen LogP contribution in [-0.2, 0) is 0 Å². The topological polar surface area (TPSA) is 67.2 Å². The van der Waals surface area contributed by atoms with E-state index in [1.54, 1.807) is 6.92 Å². The minimum Gasteiger partial charge on any atom is -0.382 e. The zero-order chi connectivity index (χ0) is 14.8. The number of anilines is 1. The number of aryl methyl sites for hydroxylation is 1. The van der Waals surface area contributed by atoms with E-state index in [0.717, 1.165) is 32.0 Å². The van der Waals surface area contributed by atoms with E-state index in [-0.39, 0.29) is 11.1 Å². The van der Waals surface area contributed by atoms with E-state index in [0.29, 0.717) is 17.8 Å². The highest BCUT2D eigenvalue weighted by Gasteiger charge is 2.27. The van der Waals surface area contributed by atoms with Gasteiger partial charge in [-0.2, -0.15) is 0 Å². The summed E-state index contributed by atoms with van der Waals surface area (Å²) in [5, 5.41) is 17.2. The van der Waals surface area contributed by atoms with Gasteiger partial charge in [0, 0.05) is 18.7 Å². The quantitative estimate of drug-likeness (QED) is 0.658. The lowest BCUT2D eigenvalue weighted by Crippen LogP contribution is -2.42. The number of nitrogens with one attached hydrogen (secondary N) is 2. The molecule has 0 aliphatic carbocycles. The van der Waals surface area contributed by atoms with Crippen LogP contribution in [0.4, 0.5) is 15.8 Å². The Bertz CT molecular complexity index is 513. The number of piperidine rings is 1. The van der Waals surface area contributed by atoms with Gasteiger partial charge in [-0.25, -0.2) is 4.39 Å². The molecule has 0 saturated carbocycles. The fourth-order valence-electron chi connectivity index (χ4n) is 2.58. The third-order valence-corrected chi connectivity index (χ3v) is 3.87. The Kier molecular flexibility index (Phi) is 4.23. The van der Waals surface area contributed by atoms with Crippen LogP contribution in [0.5, 0.6) is 0 Å². The van der Waals surface area contributed by atoms with E-state index in [4.69, 9.17) is 0 Å². The van der Waals surface area contributed by atoms with Crippen LogP contribution in [0.2, 0.25) is 0 Å². The number of benzene rings is 1. The fraction of sp³-hybridized carbons (Fsp3) is 0.571. The van der Waals surface area contributed by atoms with Gasteiger partial charge in [0.25, 0.3) is 5.69 Å². The summed E-state index contributed by atoms with van der Waals surface area (Å²) in [6.45, 7) is 6.34. The summed E-state index contributed by atoms with van der Waals surface area (Å²) < 4.78 is 13.9. The summed E-state index contributed by atoms with van der Waals surface area (Å²) >= 11 is 0. The van der Waals surface area contributed by atoms with Crippen molar-refractivity contribution < 1.29 is 9.31 Å². The van der Waals surface area contributed by atoms with Gasteiger partial charge in [-0.15, -0.1) is 0 Å². The van der Waals surface area contributed by atoms with Crippen LogP contribution in [0.3, 0.4) is 0 Å². The Hall–Kier alpha value is -1.69. The van der Waals surface area contributed by atoms with E-state index in [1.165, 1.54) is 6.07 Å². The molecule has 0 bridgehead atoms. The van der Waals surface area contributed by atoms with E-state index in [1.807, 2.05) is 0 Å². The molecular weight excluding hydrogens is 261 g/mol. The molecule has 6 heteroatoms. The van der Waals surface area contributed by atoms with Crippen molar-refractivity contribution in [1.29, 1.82) is 0 Å². The highest BCUT2D eigenvalue weighted by molar-refractivity contribution is 5.55. The van der Waals surface area contributed by atoms with Gasteiger partial charge in [0.15, 0.2) is 5.82 Å². The van der Waals surface area contributed by atoms with Crippen molar-refractivity contribution in [3.05, 3.63) is 33.6 Å². The number of nitro benzene ring substituents is 1. The molecule has 110 valence electrons. The molecule has 1 unspecified atom stereocenters. The van der Waals surface area contributed by atoms with Gasteiger partial charge in [-0.3, -0.25) is 10.1 Å². The lowest BCUT2D eigenvalue weighted by molar-refractivity contribution is -0.385. The van der Waals surface area contributed by atoms with Gasteiger partial charge < -0.3 is 10.6 Å². The third-order valence-electron chi connectivity index (χ3n) is 3.87. The number of hydrogen-bond donors (Lipinski definition) is 2. The predicted molar refractivity (Wildman–Crippen MR) is 76.5 cm³/mol. The Balaban J connectivity index is 2.10. The van der Waals surface area contributed by atoms with Crippen LogP contribution in [-0.4, -0.2) is 24.6 Å². The third kappa shape index (κ3) is 3.25. The molecule has 1 aliphatic heterocycles. The Morgan fingerprint density at radius 3 is 2.90 bits per heavy atom. The number of hydrogen-bond acceptors (Lipinski definition) is 4. The summed E-state index contributed by atoms with van der Waals surface area (Å²) in [5.74, 6) is -0.574. The predicted octanol–water partition coefficient (Wildman–Crippen LogP) is 2.84. The molecular formula is C14H20FN3O2. The lowest BCUT2D eigenvalue weighted by Gasteiger charge is -2.34. The monoisotopic (exact) mass is 281 g/mol. The molecule has 1 saturated heterocycles.